The highest BCUT2D eigenvalue weighted by molar-refractivity contribution is 6.30. The van der Waals surface area contributed by atoms with E-state index in [0.717, 1.165) is 17.0 Å². The molecule has 0 atom stereocenters. The summed E-state index contributed by atoms with van der Waals surface area (Å²) in [5, 5.41) is 3.80. The normalized spacial score (nSPS) is 12.3. The lowest BCUT2D eigenvalue weighted by molar-refractivity contribution is 0.377. The van der Waals surface area contributed by atoms with Crippen LogP contribution in [0.15, 0.2) is 41.4 Å². The lowest BCUT2D eigenvalue weighted by atomic mass is 9.86. The van der Waals surface area contributed by atoms with Crippen molar-refractivity contribution in [3.63, 3.8) is 0 Å². The molecule has 110 valence electrons. The third-order valence-electron chi connectivity index (χ3n) is 2.82. The summed E-state index contributed by atoms with van der Waals surface area (Å²) >= 11 is 6.01. The summed E-state index contributed by atoms with van der Waals surface area (Å²) in [5.41, 5.74) is 8.09. The quantitative estimate of drug-likeness (QED) is 0.480. The monoisotopic (exact) mass is 293 g/mol. The third-order valence-corrected chi connectivity index (χ3v) is 3.06. The number of halogens is 1. The molecule has 0 unspecified atom stereocenters. The van der Waals surface area contributed by atoms with Crippen molar-refractivity contribution in [1.82, 2.24) is 5.32 Å². The van der Waals surface area contributed by atoms with Crippen LogP contribution in [0.4, 0.5) is 0 Å². The van der Waals surface area contributed by atoms with Gasteiger partial charge >= 0.3 is 0 Å². The molecular formula is C16H24ClN3. The standard InChI is InChI=1S/C16H24ClN3/c1-12(2)10-19-15(18)20-11-16(3,4)9-13-6-5-7-14(17)8-13/h5-8H,1,9-11H2,2-4H3,(H3,18,19,20). The second kappa shape index (κ2) is 7.34. The van der Waals surface area contributed by atoms with Gasteiger partial charge in [-0.05, 0) is 36.5 Å². The van der Waals surface area contributed by atoms with Gasteiger partial charge in [0.2, 0.25) is 0 Å². The molecule has 0 aliphatic carbocycles. The summed E-state index contributed by atoms with van der Waals surface area (Å²) in [7, 11) is 0. The van der Waals surface area contributed by atoms with Gasteiger partial charge in [-0.2, -0.15) is 0 Å². The highest BCUT2D eigenvalue weighted by atomic mass is 35.5. The lowest BCUT2D eigenvalue weighted by Crippen LogP contribution is -2.34. The molecule has 0 aliphatic rings. The minimum absolute atomic E-state index is 0.0280. The van der Waals surface area contributed by atoms with Gasteiger partial charge in [0.25, 0.3) is 0 Å². The van der Waals surface area contributed by atoms with Crippen LogP contribution in [0.1, 0.15) is 26.3 Å². The number of rotatable bonds is 6. The van der Waals surface area contributed by atoms with Crippen molar-refractivity contribution in [1.29, 1.82) is 0 Å². The van der Waals surface area contributed by atoms with Crippen LogP contribution in [0.3, 0.4) is 0 Å². The predicted molar refractivity (Wildman–Crippen MR) is 88.2 cm³/mol. The minimum atomic E-state index is 0.0280. The number of guanidine groups is 1. The smallest absolute Gasteiger partial charge is 0.188 e. The SMILES string of the molecule is C=C(C)CNC(N)=NCC(C)(C)Cc1cccc(Cl)c1. The molecule has 3 nitrogen and oxygen atoms in total. The highest BCUT2D eigenvalue weighted by Crippen LogP contribution is 2.23. The second-order valence-electron chi connectivity index (χ2n) is 5.98. The van der Waals surface area contributed by atoms with Crippen LogP contribution in [0, 0.1) is 5.41 Å². The molecule has 0 fully saturated rings. The molecule has 0 saturated heterocycles. The summed E-state index contributed by atoms with van der Waals surface area (Å²) in [6, 6.07) is 7.94. The molecule has 0 bridgehead atoms. The van der Waals surface area contributed by atoms with Gasteiger partial charge in [-0.1, -0.05) is 49.7 Å². The maximum absolute atomic E-state index is 6.01. The molecule has 0 aromatic heterocycles. The van der Waals surface area contributed by atoms with Crippen molar-refractivity contribution in [2.45, 2.75) is 27.2 Å². The largest absolute Gasteiger partial charge is 0.370 e. The molecular weight excluding hydrogens is 270 g/mol. The van der Waals surface area contributed by atoms with Gasteiger partial charge in [-0.3, -0.25) is 4.99 Å². The number of benzene rings is 1. The molecule has 1 aromatic carbocycles. The van der Waals surface area contributed by atoms with E-state index in [0.29, 0.717) is 19.0 Å². The average Bonchev–Trinajstić information content (AvgIpc) is 2.33. The van der Waals surface area contributed by atoms with Crippen molar-refractivity contribution in [3.8, 4) is 0 Å². The maximum Gasteiger partial charge on any atom is 0.188 e. The maximum atomic E-state index is 6.01. The summed E-state index contributed by atoms with van der Waals surface area (Å²) in [6.45, 7) is 11.4. The summed E-state index contributed by atoms with van der Waals surface area (Å²) in [5.74, 6) is 0.465. The Labute approximate surface area is 126 Å². The Morgan fingerprint density at radius 3 is 2.75 bits per heavy atom. The number of nitrogens with one attached hydrogen (secondary N) is 1. The molecule has 0 amide bonds. The number of hydrogen-bond acceptors (Lipinski definition) is 1. The first kappa shape index (κ1) is 16.6. The molecule has 0 radical (unpaired) electrons. The zero-order valence-electron chi connectivity index (χ0n) is 12.5. The van der Waals surface area contributed by atoms with Gasteiger partial charge < -0.3 is 11.1 Å². The molecule has 20 heavy (non-hydrogen) atoms. The van der Waals surface area contributed by atoms with E-state index < -0.39 is 0 Å². The van der Waals surface area contributed by atoms with Gasteiger partial charge in [0.1, 0.15) is 0 Å². The fourth-order valence-electron chi connectivity index (χ4n) is 1.85. The van der Waals surface area contributed by atoms with Crippen molar-refractivity contribution in [3.05, 3.63) is 47.0 Å². The van der Waals surface area contributed by atoms with Crippen LogP contribution in [0.2, 0.25) is 5.02 Å². The van der Waals surface area contributed by atoms with Crippen LogP contribution < -0.4 is 11.1 Å². The first-order valence-electron chi connectivity index (χ1n) is 6.71. The zero-order chi connectivity index (χ0) is 15.2. The number of nitrogens with zero attached hydrogens (tertiary/aromatic N) is 1. The summed E-state index contributed by atoms with van der Waals surface area (Å²) in [6.07, 6.45) is 0.908. The molecule has 0 aliphatic heterocycles. The Morgan fingerprint density at radius 1 is 1.45 bits per heavy atom. The van der Waals surface area contributed by atoms with E-state index in [4.69, 9.17) is 17.3 Å². The molecule has 3 N–H and O–H groups in total. The van der Waals surface area contributed by atoms with E-state index in [2.05, 4.69) is 36.8 Å². The second-order valence-corrected chi connectivity index (χ2v) is 6.42. The Balaban J connectivity index is 2.56. The predicted octanol–water partition coefficient (Wildman–Crippen LogP) is 3.39. The topological polar surface area (TPSA) is 50.4 Å². The van der Waals surface area contributed by atoms with Crippen molar-refractivity contribution < 1.29 is 0 Å². The van der Waals surface area contributed by atoms with Crippen LogP contribution in [0.25, 0.3) is 0 Å². The number of hydrogen-bond donors (Lipinski definition) is 2. The summed E-state index contributed by atoms with van der Waals surface area (Å²) in [4.78, 5) is 4.40. The van der Waals surface area contributed by atoms with E-state index in [9.17, 15) is 0 Å². The molecule has 0 spiro atoms. The van der Waals surface area contributed by atoms with Gasteiger partial charge in [0, 0.05) is 18.1 Å². The van der Waals surface area contributed by atoms with E-state index in [1.165, 1.54) is 5.56 Å². The number of aliphatic imine (C=N–C) groups is 1. The van der Waals surface area contributed by atoms with Gasteiger partial charge in [0.15, 0.2) is 5.96 Å². The van der Waals surface area contributed by atoms with Gasteiger partial charge in [-0.15, -0.1) is 0 Å². The Bertz CT molecular complexity index is 492. The highest BCUT2D eigenvalue weighted by Gasteiger charge is 2.18. The van der Waals surface area contributed by atoms with Crippen molar-refractivity contribution in [2.24, 2.45) is 16.1 Å². The third kappa shape index (κ3) is 6.62. The first-order chi connectivity index (χ1) is 9.28. The van der Waals surface area contributed by atoms with E-state index in [1.807, 2.05) is 25.1 Å². The van der Waals surface area contributed by atoms with Gasteiger partial charge in [0.05, 0.1) is 0 Å². The molecule has 0 saturated carbocycles. The molecule has 4 heteroatoms. The van der Waals surface area contributed by atoms with E-state index in [1.54, 1.807) is 0 Å². The first-order valence-corrected chi connectivity index (χ1v) is 7.09. The van der Waals surface area contributed by atoms with E-state index in [-0.39, 0.29) is 5.41 Å². The average molecular weight is 294 g/mol. The van der Waals surface area contributed by atoms with Gasteiger partial charge in [-0.25, -0.2) is 0 Å². The Morgan fingerprint density at radius 2 is 2.15 bits per heavy atom. The molecule has 1 rings (SSSR count). The Kier molecular flexibility index (Phi) is 6.08. The van der Waals surface area contributed by atoms with Crippen LogP contribution >= 0.6 is 11.6 Å². The fourth-order valence-corrected chi connectivity index (χ4v) is 2.06. The Hall–Kier alpha value is -1.48. The van der Waals surface area contributed by atoms with E-state index >= 15 is 0 Å². The fraction of sp³-hybridized carbons (Fsp3) is 0.438. The van der Waals surface area contributed by atoms with Crippen LogP contribution in [-0.2, 0) is 6.42 Å². The van der Waals surface area contributed by atoms with Crippen molar-refractivity contribution >= 4 is 17.6 Å². The zero-order valence-corrected chi connectivity index (χ0v) is 13.3. The number of nitrogens with two attached hydrogens (primary N) is 1. The lowest BCUT2D eigenvalue weighted by Gasteiger charge is -2.23. The van der Waals surface area contributed by atoms with Crippen LogP contribution in [-0.4, -0.2) is 19.0 Å². The van der Waals surface area contributed by atoms with Crippen LogP contribution in [0.5, 0.6) is 0 Å². The minimum Gasteiger partial charge on any atom is -0.370 e. The van der Waals surface area contributed by atoms with Crippen molar-refractivity contribution in [2.75, 3.05) is 13.1 Å². The summed E-state index contributed by atoms with van der Waals surface area (Å²) < 4.78 is 0. The molecule has 1 aromatic rings. The molecule has 0 heterocycles.